The summed E-state index contributed by atoms with van der Waals surface area (Å²) in [5, 5.41) is 11.0. The van der Waals surface area contributed by atoms with E-state index in [9.17, 15) is 4.79 Å². The van der Waals surface area contributed by atoms with E-state index in [0.717, 1.165) is 10.7 Å². The lowest BCUT2D eigenvalue weighted by Gasteiger charge is -2.12. The van der Waals surface area contributed by atoms with Gasteiger partial charge in [-0.2, -0.15) is 5.10 Å². The van der Waals surface area contributed by atoms with Crippen LogP contribution in [0.5, 0.6) is 0 Å². The van der Waals surface area contributed by atoms with Crippen LogP contribution in [0, 0.1) is 0 Å². The van der Waals surface area contributed by atoms with Crippen LogP contribution in [0.2, 0.25) is 0 Å². The average Bonchev–Trinajstić information content (AvgIpc) is 2.21. The van der Waals surface area contributed by atoms with Crippen LogP contribution in [0.4, 0.5) is 5.69 Å². The number of carbonyl (C=O) groups is 1. The summed E-state index contributed by atoms with van der Waals surface area (Å²) >= 11 is 1.41. The Hall–Kier alpha value is -1.10. The summed E-state index contributed by atoms with van der Waals surface area (Å²) in [6, 6.07) is 1.74. The summed E-state index contributed by atoms with van der Waals surface area (Å²) in [6.45, 7) is 4.00. The molecular weight excluding hydrogens is 186 g/mol. The zero-order valence-corrected chi connectivity index (χ0v) is 8.39. The Labute approximate surface area is 82.6 Å². The van der Waals surface area contributed by atoms with Crippen molar-refractivity contribution in [2.24, 2.45) is 0 Å². The minimum atomic E-state index is 0. The third kappa shape index (κ3) is 2.42. The molecule has 2 heterocycles. The molecular formula is C8H13N3OS. The molecule has 0 aromatic carbocycles. The highest BCUT2D eigenvalue weighted by atomic mass is 32.2. The van der Waals surface area contributed by atoms with Gasteiger partial charge in [0.2, 0.25) is 5.91 Å². The zero-order valence-electron chi connectivity index (χ0n) is 7.57. The molecule has 0 radical (unpaired) electrons. The van der Waals surface area contributed by atoms with Crippen LogP contribution in [0.1, 0.15) is 15.3 Å². The SMILES string of the molecule is CC.O=C1CSc2nnccc2N1.[HH]. The van der Waals surface area contributed by atoms with E-state index in [1.54, 1.807) is 12.3 Å². The van der Waals surface area contributed by atoms with E-state index in [1.165, 1.54) is 11.8 Å². The van der Waals surface area contributed by atoms with Crippen LogP contribution < -0.4 is 5.32 Å². The second kappa shape index (κ2) is 4.81. The van der Waals surface area contributed by atoms with Gasteiger partial charge in [0.1, 0.15) is 5.03 Å². The van der Waals surface area contributed by atoms with Crippen LogP contribution in [-0.4, -0.2) is 21.9 Å². The number of thioether (sulfide) groups is 1. The molecule has 1 aliphatic heterocycles. The topological polar surface area (TPSA) is 54.9 Å². The number of hydrogen-bond acceptors (Lipinski definition) is 4. The highest BCUT2D eigenvalue weighted by Crippen LogP contribution is 2.27. The zero-order chi connectivity index (χ0) is 9.68. The van der Waals surface area contributed by atoms with Crippen LogP contribution in [0.3, 0.4) is 0 Å². The highest BCUT2D eigenvalue weighted by Gasteiger charge is 2.15. The van der Waals surface area contributed by atoms with E-state index in [0.29, 0.717) is 5.75 Å². The summed E-state index contributed by atoms with van der Waals surface area (Å²) in [6.07, 6.45) is 1.56. The van der Waals surface area contributed by atoms with Crippen molar-refractivity contribution in [3.63, 3.8) is 0 Å². The molecule has 2 rings (SSSR count). The standard InChI is InChI=1S/C6H5N3OS.C2H6.H2/c10-5-3-11-6-4(8-5)1-2-7-9-6;1-2;/h1-2H,3H2,(H,8,10);1-2H3;1H. The second-order valence-corrected chi connectivity index (χ2v) is 3.05. The van der Waals surface area contributed by atoms with Crippen LogP contribution in [0.25, 0.3) is 0 Å². The van der Waals surface area contributed by atoms with E-state index in [-0.39, 0.29) is 7.33 Å². The monoisotopic (exact) mass is 199 g/mol. The molecule has 72 valence electrons. The Morgan fingerprint density at radius 2 is 2.38 bits per heavy atom. The summed E-state index contributed by atoms with van der Waals surface area (Å²) in [5.41, 5.74) is 0.765. The third-order valence-electron chi connectivity index (χ3n) is 1.30. The van der Waals surface area contributed by atoms with Crippen molar-refractivity contribution < 1.29 is 6.22 Å². The number of carbonyl (C=O) groups excluding carboxylic acids is 1. The summed E-state index contributed by atoms with van der Waals surface area (Å²) in [5.74, 6) is 0.460. The molecule has 0 unspecified atom stereocenters. The van der Waals surface area contributed by atoms with E-state index >= 15 is 0 Å². The quantitative estimate of drug-likeness (QED) is 0.692. The molecule has 1 aromatic rings. The molecule has 0 fully saturated rings. The van der Waals surface area contributed by atoms with Gasteiger partial charge < -0.3 is 5.32 Å². The fourth-order valence-corrected chi connectivity index (χ4v) is 1.56. The van der Waals surface area contributed by atoms with Crippen molar-refractivity contribution in [3.05, 3.63) is 12.3 Å². The largest absolute Gasteiger partial charge is 0.323 e. The van der Waals surface area contributed by atoms with Crippen LogP contribution in [-0.2, 0) is 4.79 Å². The van der Waals surface area contributed by atoms with Gasteiger partial charge in [-0.3, -0.25) is 4.79 Å². The van der Waals surface area contributed by atoms with Crippen LogP contribution in [0.15, 0.2) is 17.3 Å². The Bertz CT molecular complexity index is 308. The Balaban J connectivity index is 0.000000531. The number of amides is 1. The van der Waals surface area contributed by atoms with E-state index in [2.05, 4.69) is 15.5 Å². The molecule has 1 N–H and O–H groups in total. The Kier molecular flexibility index (Phi) is 3.70. The first-order valence-electron chi connectivity index (χ1n) is 4.10. The lowest BCUT2D eigenvalue weighted by atomic mass is 10.4. The number of fused-ring (bicyclic) bond motifs is 1. The molecule has 0 aliphatic carbocycles. The maximum atomic E-state index is 10.8. The van der Waals surface area contributed by atoms with E-state index in [4.69, 9.17) is 0 Å². The lowest BCUT2D eigenvalue weighted by Crippen LogP contribution is -2.19. The number of anilines is 1. The van der Waals surface area contributed by atoms with Gasteiger partial charge in [0.15, 0.2) is 0 Å². The van der Waals surface area contributed by atoms with E-state index in [1.807, 2.05) is 13.8 Å². The van der Waals surface area contributed by atoms with Crippen molar-refractivity contribution in [2.45, 2.75) is 18.9 Å². The van der Waals surface area contributed by atoms with Gasteiger partial charge in [-0.15, -0.1) is 5.10 Å². The average molecular weight is 199 g/mol. The second-order valence-electron chi connectivity index (χ2n) is 2.09. The minimum absolute atomic E-state index is 0. The normalized spacial score (nSPS) is 13.5. The summed E-state index contributed by atoms with van der Waals surface area (Å²) in [7, 11) is 0. The van der Waals surface area contributed by atoms with Gasteiger partial charge in [-0.1, -0.05) is 25.6 Å². The first-order valence-corrected chi connectivity index (χ1v) is 5.09. The van der Waals surface area contributed by atoms with Gasteiger partial charge in [0, 0.05) is 1.43 Å². The predicted molar refractivity (Wildman–Crippen MR) is 54.8 cm³/mol. The molecule has 1 amide bonds. The molecule has 0 bridgehead atoms. The third-order valence-corrected chi connectivity index (χ3v) is 2.28. The van der Waals surface area contributed by atoms with Crippen molar-refractivity contribution in [2.75, 3.05) is 11.1 Å². The maximum absolute atomic E-state index is 10.8. The molecule has 0 atom stereocenters. The molecule has 0 saturated heterocycles. The fraction of sp³-hybridized carbons (Fsp3) is 0.375. The number of nitrogens with zero attached hydrogens (tertiary/aromatic N) is 2. The summed E-state index contributed by atoms with van der Waals surface area (Å²) < 4.78 is 0. The first-order chi connectivity index (χ1) is 6.36. The molecule has 1 aliphatic rings. The number of nitrogens with one attached hydrogen (secondary N) is 1. The lowest BCUT2D eigenvalue weighted by molar-refractivity contribution is -0.113. The summed E-state index contributed by atoms with van der Waals surface area (Å²) in [4.78, 5) is 10.8. The fourth-order valence-electron chi connectivity index (χ4n) is 0.841. The van der Waals surface area contributed by atoms with Gasteiger partial charge in [0.05, 0.1) is 17.6 Å². The van der Waals surface area contributed by atoms with Crippen molar-refractivity contribution in [1.29, 1.82) is 0 Å². The van der Waals surface area contributed by atoms with Crippen molar-refractivity contribution in [1.82, 2.24) is 10.2 Å². The molecule has 1 aromatic heterocycles. The molecule has 5 heteroatoms. The Morgan fingerprint density at radius 3 is 3.15 bits per heavy atom. The van der Waals surface area contributed by atoms with E-state index < -0.39 is 0 Å². The molecule has 0 spiro atoms. The predicted octanol–water partition coefficient (Wildman–Crippen LogP) is 1.79. The first kappa shape index (κ1) is 9.98. The van der Waals surface area contributed by atoms with Gasteiger partial charge in [-0.25, -0.2) is 0 Å². The van der Waals surface area contributed by atoms with Gasteiger partial charge in [0.25, 0.3) is 0 Å². The van der Waals surface area contributed by atoms with Crippen LogP contribution >= 0.6 is 11.8 Å². The maximum Gasteiger partial charge on any atom is 0.234 e. The van der Waals surface area contributed by atoms with Gasteiger partial charge in [-0.05, 0) is 6.07 Å². The minimum Gasteiger partial charge on any atom is -0.323 e. The molecule has 0 saturated carbocycles. The van der Waals surface area contributed by atoms with Crippen molar-refractivity contribution >= 4 is 23.4 Å². The Morgan fingerprint density at radius 1 is 1.62 bits per heavy atom. The molecule has 4 nitrogen and oxygen atoms in total. The number of hydrogen-bond donors (Lipinski definition) is 1. The van der Waals surface area contributed by atoms with Gasteiger partial charge >= 0.3 is 0 Å². The number of aromatic nitrogens is 2. The smallest absolute Gasteiger partial charge is 0.234 e. The van der Waals surface area contributed by atoms with Crippen molar-refractivity contribution in [3.8, 4) is 0 Å². The number of rotatable bonds is 0. The highest BCUT2D eigenvalue weighted by molar-refractivity contribution is 8.00. The molecule has 13 heavy (non-hydrogen) atoms.